The summed E-state index contributed by atoms with van der Waals surface area (Å²) in [6.07, 6.45) is 3.26. The zero-order valence-electron chi connectivity index (χ0n) is 11.2. The van der Waals surface area contributed by atoms with Crippen LogP contribution >= 0.6 is 15.9 Å². The molecule has 2 N–H and O–H groups in total. The molecule has 2 rings (SSSR count). The predicted octanol–water partition coefficient (Wildman–Crippen LogP) is 1.98. The molecule has 0 bridgehead atoms. The molecular formula is C12H13BrN6O2. The van der Waals surface area contributed by atoms with Gasteiger partial charge in [-0.15, -0.1) is 5.10 Å². The zero-order chi connectivity index (χ0) is 15.1. The fraction of sp³-hybridized carbons (Fsp3) is 0.167. The van der Waals surface area contributed by atoms with Crippen LogP contribution in [0.15, 0.2) is 34.4 Å². The van der Waals surface area contributed by atoms with Gasteiger partial charge in [-0.25, -0.2) is 5.43 Å². The first-order valence-corrected chi connectivity index (χ1v) is 6.67. The second-order valence-corrected chi connectivity index (χ2v) is 4.59. The normalized spacial score (nSPS) is 10.6. The summed E-state index contributed by atoms with van der Waals surface area (Å²) >= 11 is 3.44. The van der Waals surface area contributed by atoms with Crippen molar-refractivity contribution in [2.75, 3.05) is 19.1 Å². The lowest BCUT2D eigenvalue weighted by molar-refractivity contribution is 0.324. The van der Waals surface area contributed by atoms with Gasteiger partial charge >= 0.3 is 0 Å². The van der Waals surface area contributed by atoms with Gasteiger partial charge in [-0.05, 0) is 38.8 Å². The monoisotopic (exact) mass is 352 g/mol. The van der Waals surface area contributed by atoms with Crippen molar-refractivity contribution in [3.63, 3.8) is 0 Å². The maximum absolute atomic E-state index is 5.54. The van der Waals surface area contributed by atoms with Crippen molar-refractivity contribution in [3.8, 4) is 11.5 Å². The van der Waals surface area contributed by atoms with Crippen LogP contribution in [-0.2, 0) is 0 Å². The van der Waals surface area contributed by atoms with E-state index >= 15 is 0 Å². The third-order valence-electron chi connectivity index (χ3n) is 2.32. The van der Waals surface area contributed by atoms with Gasteiger partial charge in [-0.2, -0.15) is 10.3 Å². The van der Waals surface area contributed by atoms with E-state index in [-0.39, 0.29) is 5.95 Å². The Bertz CT molecular complexity index is 629. The van der Waals surface area contributed by atoms with E-state index < -0.39 is 0 Å². The Morgan fingerprint density at radius 2 is 2.38 bits per heavy atom. The fourth-order valence-corrected chi connectivity index (χ4v) is 2.04. The minimum Gasteiger partial charge on any atom is -0.493 e. The number of benzene rings is 1. The fourth-order valence-electron chi connectivity index (χ4n) is 1.47. The summed E-state index contributed by atoms with van der Waals surface area (Å²) in [6.45, 7) is 4.00. The molecule has 1 aromatic carbocycles. The molecule has 110 valence electrons. The number of hydrogen-bond donors (Lipinski definition) is 2. The van der Waals surface area contributed by atoms with Gasteiger partial charge in [0.2, 0.25) is 0 Å². The number of rotatable bonds is 7. The highest BCUT2D eigenvalue weighted by molar-refractivity contribution is 9.10. The molecule has 0 aliphatic carbocycles. The van der Waals surface area contributed by atoms with Crippen molar-refractivity contribution >= 4 is 28.1 Å². The highest BCUT2D eigenvalue weighted by Gasteiger charge is 2.10. The minimum absolute atomic E-state index is 0.281. The number of nitrogens with one attached hydrogen (secondary N) is 2. The van der Waals surface area contributed by atoms with Crippen LogP contribution < -0.4 is 14.9 Å². The highest BCUT2D eigenvalue weighted by Crippen LogP contribution is 2.36. The molecule has 0 amide bonds. The lowest BCUT2D eigenvalue weighted by Crippen LogP contribution is -1.99. The molecule has 8 nitrogen and oxygen atoms in total. The smallest absolute Gasteiger partial charge is 0.283 e. The first kappa shape index (κ1) is 15.0. The van der Waals surface area contributed by atoms with Crippen molar-refractivity contribution in [2.45, 2.75) is 0 Å². The van der Waals surface area contributed by atoms with E-state index in [4.69, 9.17) is 9.47 Å². The van der Waals surface area contributed by atoms with Crippen LogP contribution in [-0.4, -0.2) is 40.6 Å². The molecule has 1 aromatic heterocycles. The summed E-state index contributed by atoms with van der Waals surface area (Å²) < 4.78 is 11.6. The first-order chi connectivity index (χ1) is 10.2. The number of anilines is 1. The van der Waals surface area contributed by atoms with E-state index in [1.54, 1.807) is 25.5 Å². The molecule has 0 radical (unpaired) electrons. The lowest BCUT2D eigenvalue weighted by Gasteiger charge is -2.12. The van der Waals surface area contributed by atoms with Gasteiger partial charge in [0.1, 0.15) is 6.61 Å². The Labute approximate surface area is 129 Å². The quantitative estimate of drug-likeness (QED) is 0.449. The molecule has 0 saturated carbocycles. The average molecular weight is 353 g/mol. The van der Waals surface area contributed by atoms with Gasteiger partial charge in [-0.3, -0.25) is 0 Å². The largest absolute Gasteiger partial charge is 0.493 e. The van der Waals surface area contributed by atoms with Crippen LogP contribution in [0.1, 0.15) is 5.56 Å². The summed E-state index contributed by atoms with van der Waals surface area (Å²) in [5.74, 6) is 1.48. The molecule has 21 heavy (non-hydrogen) atoms. The number of aromatic amines is 1. The molecule has 0 unspecified atom stereocenters. The topological polar surface area (TPSA) is 97.3 Å². The molecule has 0 spiro atoms. The second-order valence-electron chi connectivity index (χ2n) is 3.74. The third-order valence-corrected chi connectivity index (χ3v) is 2.91. The first-order valence-electron chi connectivity index (χ1n) is 5.88. The molecule has 2 aromatic rings. The Balaban J connectivity index is 2.15. The minimum atomic E-state index is 0.281. The van der Waals surface area contributed by atoms with E-state index in [1.807, 2.05) is 6.07 Å². The molecule has 9 heteroatoms. The van der Waals surface area contributed by atoms with Crippen LogP contribution in [0.3, 0.4) is 0 Å². The Kier molecular flexibility index (Phi) is 5.27. The number of hydrazone groups is 1. The van der Waals surface area contributed by atoms with Crippen molar-refractivity contribution in [1.29, 1.82) is 0 Å². The number of ether oxygens (including phenoxy) is 2. The third kappa shape index (κ3) is 4.02. The summed E-state index contributed by atoms with van der Waals surface area (Å²) in [5.41, 5.74) is 3.44. The maximum atomic E-state index is 5.54. The van der Waals surface area contributed by atoms with Crippen molar-refractivity contribution in [3.05, 3.63) is 34.8 Å². The van der Waals surface area contributed by atoms with E-state index in [1.165, 1.54) is 0 Å². The Hall–Kier alpha value is -2.42. The molecule has 0 saturated heterocycles. The van der Waals surface area contributed by atoms with E-state index in [0.29, 0.717) is 18.1 Å². The van der Waals surface area contributed by atoms with Gasteiger partial charge in [0.15, 0.2) is 11.5 Å². The molecule has 0 aliphatic rings. The Morgan fingerprint density at radius 3 is 3.05 bits per heavy atom. The summed E-state index contributed by atoms with van der Waals surface area (Å²) in [7, 11) is 1.57. The van der Waals surface area contributed by atoms with E-state index in [2.05, 4.69) is 53.7 Å². The number of H-pyrrole nitrogens is 1. The summed E-state index contributed by atoms with van der Waals surface area (Å²) in [6, 6.07) is 3.65. The molecular weight excluding hydrogens is 340 g/mol. The van der Waals surface area contributed by atoms with E-state index in [0.717, 1.165) is 10.0 Å². The summed E-state index contributed by atoms with van der Waals surface area (Å²) in [4.78, 5) is 0. The van der Waals surface area contributed by atoms with Gasteiger partial charge in [0, 0.05) is 0 Å². The van der Waals surface area contributed by atoms with Gasteiger partial charge in [-0.1, -0.05) is 17.8 Å². The van der Waals surface area contributed by atoms with Crippen LogP contribution in [0, 0.1) is 0 Å². The van der Waals surface area contributed by atoms with E-state index in [9.17, 15) is 0 Å². The Morgan fingerprint density at radius 1 is 1.52 bits per heavy atom. The predicted molar refractivity (Wildman–Crippen MR) is 81.8 cm³/mol. The van der Waals surface area contributed by atoms with Crippen LogP contribution in [0.5, 0.6) is 11.5 Å². The maximum Gasteiger partial charge on any atom is 0.283 e. The van der Waals surface area contributed by atoms with Crippen LogP contribution in [0.2, 0.25) is 0 Å². The standard InChI is InChI=1S/C12H13BrN6O2/c1-3-4-21-11-9(13)5-8(6-10(11)20-2)7-14-15-12-16-18-19-17-12/h3,5-7H,1,4H2,2H3,(H2,15,16,17,18,19)/b14-7+. The SMILES string of the molecule is C=CCOc1c(Br)cc(/C=N/Nc2nn[nH]n2)cc1OC. The number of aromatic nitrogens is 4. The lowest BCUT2D eigenvalue weighted by atomic mass is 10.2. The van der Waals surface area contributed by atoms with Crippen LogP contribution in [0.25, 0.3) is 0 Å². The highest BCUT2D eigenvalue weighted by atomic mass is 79.9. The van der Waals surface area contributed by atoms with Crippen molar-refractivity contribution in [1.82, 2.24) is 20.6 Å². The molecule has 1 heterocycles. The molecule has 0 atom stereocenters. The number of nitrogens with zero attached hydrogens (tertiary/aromatic N) is 4. The van der Waals surface area contributed by atoms with Crippen molar-refractivity contribution in [2.24, 2.45) is 5.10 Å². The van der Waals surface area contributed by atoms with Crippen molar-refractivity contribution < 1.29 is 9.47 Å². The second kappa shape index (κ2) is 7.39. The molecule has 0 aliphatic heterocycles. The number of halogens is 1. The van der Waals surface area contributed by atoms with Gasteiger partial charge < -0.3 is 9.47 Å². The number of hydrogen-bond acceptors (Lipinski definition) is 7. The average Bonchev–Trinajstić information content (AvgIpc) is 2.99. The molecule has 0 fully saturated rings. The summed E-state index contributed by atoms with van der Waals surface area (Å²) in [5, 5.41) is 17.1. The van der Waals surface area contributed by atoms with Gasteiger partial charge in [0.05, 0.1) is 17.8 Å². The van der Waals surface area contributed by atoms with Crippen LogP contribution in [0.4, 0.5) is 5.95 Å². The zero-order valence-corrected chi connectivity index (χ0v) is 12.8. The number of tetrazole rings is 1. The number of methoxy groups -OCH3 is 1. The van der Waals surface area contributed by atoms with Gasteiger partial charge in [0.25, 0.3) is 5.95 Å².